The standard InChI is InChI=1S/C26H23NO4/c1-30-25(28)21-22(26(29)31-2)24(19-14-8-4-9-15-19)27(20-16-10-5-11-17-20)23(21)18-12-6-3-7-13-18/h3-17,23-24H,1-2H3/t23-,24-/m0/s1. The summed E-state index contributed by atoms with van der Waals surface area (Å²) in [6.45, 7) is 0. The lowest BCUT2D eigenvalue weighted by Gasteiger charge is -2.34. The van der Waals surface area contributed by atoms with Crippen LogP contribution in [-0.4, -0.2) is 26.2 Å². The van der Waals surface area contributed by atoms with Crippen molar-refractivity contribution in [3.8, 4) is 0 Å². The van der Waals surface area contributed by atoms with Crippen LogP contribution in [0.15, 0.2) is 102 Å². The Morgan fingerprint density at radius 2 is 0.968 bits per heavy atom. The molecule has 5 nitrogen and oxygen atoms in total. The first-order valence-corrected chi connectivity index (χ1v) is 10.0. The minimum atomic E-state index is -0.548. The van der Waals surface area contributed by atoms with Gasteiger partial charge in [0.25, 0.3) is 0 Å². The van der Waals surface area contributed by atoms with Gasteiger partial charge in [0, 0.05) is 5.69 Å². The van der Waals surface area contributed by atoms with Gasteiger partial charge in [-0.2, -0.15) is 0 Å². The maximum absolute atomic E-state index is 13.1. The van der Waals surface area contributed by atoms with Crippen LogP contribution in [0.5, 0.6) is 0 Å². The third-order valence-electron chi connectivity index (χ3n) is 5.49. The fourth-order valence-corrected chi connectivity index (χ4v) is 4.21. The smallest absolute Gasteiger partial charge is 0.336 e. The number of ether oxygens (including phenoxy) is 2. The summed E-state index contributed by atoms with van der Waals surface area (Å²) in [6.07, 6.45) is 0. The van der Waals surface area contributed by atoms with Gasteiger partial charge in [-0.15, -0.1) is 0 Å². The van der Waals surface area contributed by atoms with E-state index in [9.17, 15) is 9.59 Å². The zero-order valence-corrected chi connectivity index (χ0v) is 17.4. The van der Waals surface area contributed by atoms with E-state index in [1.165, 1.54) is 14.2 Å². The Hall–Kier alpha value is -3.86. The Labute approximate surface area is 181 Å². The monoisotopic (exact) mass is 413 g/mol. The van der Waals surface area contributed by atoms with E-state index in [2.05, 4.69) is 4.90 Å². The fourth-order valence-electron chi connectivity index (χ4n) is 4.21. The van der Waals surface area contributed by atoms with Crippen LogP contribution in [0.2, 0.25) is 0 Å². The largest absolute Gasteiger partial charge is 0.466 e. The number of nitrogens with zero attached hydrogens (tertiary/aromatic N) is 1. The van der Waals surface area contributed by atoms with E-state index in [-0.39, 0.29) is 0 Å². The molecule has 1 aliphatic rings. The molecule has 3 aromatic carbocycles. The second kappa shape index (κ2) is 8.88. The first-order chi connectivity index (χ1) is 15.2. The number of hydrogen-bond donors (Lipinski definition) is 0. The van der Waals surface area contributed by atoms with Crippen molar-refractivity contribution in [3.05, 3.63) is 113 Å². The molecule has 5 heteroatoms. The number of carbonyl (C=O) groups is 2. The van der Waals surface area contributed by atoms with Crippen LogP contribution in [0.3, 0.4) is 0 Å². The number of hydrogen-bond acceptors (Lipinski definition) is 5. The van der Waals surface area contributed by atoms with Crippen molar-refractivity contribution in [2.24, 2.45) is 0 Å². The molecule has 3 aromatic rings. The average molecular weight is 413 g/mol. The lowest BCUT2D eigenvalue weighted by atomic mass is 9.95. The first kappa shape index (κ1) is 20.4. The molecule has 2 atom stereocenters. The third-order valence-corrected chi connectivity index (χ3v) is 5.49. The van der Waals surface area contributed by atoms with Crippen molar-refractivity contribution in [2.45, 2.75) is 12.1 Å². The minimum Gasteiger partial charge on any atom is -0.466 e. The average Bonchev–Trinajstić information content (AvgIpc) is 3.21. The molecule has 1 heterocycles. The normalized spacial score (nSPS) is 18.1. The number of rotatable bonds is 5. The number of anilines is 1. The van der Waals surface area contributed by atoms with Crippen LogP contribution in [0.1, 0.15) is 23.2 Å². The van der Waals surface area contributed by atoms with Crippen LogP contribution >= 0.6 is 0 Å². The predicted molar refractivity (Wildman–Crippen MR) is 118 cm³/mol. The van der Waals surface area contributed by atoms with E-state index in [0.717, 1.165) is 16.8 Å². The van der Waals surface area contributed by atoms with Gasteiger partial charge in [-0.3, -0.25) is 0 Å². The summed E-state index contributed by atoms with van der Waals surface area (Å²) >= 11 is 0. The Morgan fingerprint density at radius 1 is 0.613 bits per heavy atom. The van der Waals surface area contributed by atoms with Crippen molar-refractivity contribution >= 4 is 17.6 Å². The van der Waals surface area contributed by atoms with Crippen LogP contribution < -0.4 is 4.90 Å². The number of benzene rings is 3. The molecule has 0 radical (unpaired) electrons. The van der Waals surface area contributed by atoms with E-state index in [1.807, 2.05) is 91.0 Å². The number of esters is 2. The van der Waals surface area contributed by atoms with Gasteiger partial charge in [0.1, 0.15) is 0 Å². The Kier molecular flexibility index (Phi) is 5.85. The van der Waals surface area contributed by atoms with Crippen LogP contribution in [0.4, 0.5) is 5.69 Å². The zero-order valence-electron chi connectivity index (χ0n) is 17.4. The van der Waals surface area contributed by atoms with Crippen molar-refractivity contribution in [1.29, 1.82) is 0 Å². The minimum absolute atomic E-state index is 0.290. The Balaban J connectivity index is 2.05. The molecule has 1 aliphatic heterocycles. The van der Waals surface area contributed by atoms with Crippen molar-refractivity contribution in [2.75, 3.05) is 19.1 Å². The summed E-state index contributed by atoms with van der Waals surface area (Å²) in [5.74, 6) is -1.10. The van der Waals surface area contributed by atoms with E-state index in [4.69, 9.17) is 9.47 Å². The van der Waals surface area contributed by atoms with Crippen molar-refractivity contribution < 1.29 is 19.1 Å². The van der Waals surface area contributed by atoms with Crippen LogP contribution in [-0.2, 0) is 19.1 Å². The molecular weight excluding hydrogens is 390 g/mol. The predicted octanol–water partition coefficient (Wildman–Crippen LogP) is 4.63. The molecule has 0 saturated carbocycles. The van der Waals surface area contributed by atoms with Gasteiger partial charge < -0.3 is 14.4 Å². The number of para-hydroxylation sites is 1. The quantitative estimate of drug-likeness (QED) is 0.571. The highest BCUT2D eigenvalue weighted by Crippen LogP contribution is 2.51. The van der Waals surface area contributed by atoms with Crippen molar-refractivity contribution in [3.63, 3.8) is 0 Å². The van der Waals surface area contributed by atoms with E-state index < -0.39 is 24.0 Å². The molecule has 0 unspecified atom stereocenters. The number of methoxy groups -OCH3 is 2. The maximum atomic E-state index is 13.1. The van der Waals surface area contributed by atoms with Gasteiger partial charge in [-0.25, -0.2) is 9.59 Å². The molecule has 4 rings (SSSR count). The lowest BCUT2D eigenvalue weighted by Crippen LogP contribution is -2.30. The molecule has 0 aromatic heterocycles. The highest BCUT2D eigenvalue weighted by atomic mass is 16.5. The van der Waals surface area contributed by atoms with E-state index in [0.29, 0.717) is 11.1 Å². The molecule has 0 amide bonds. The van der Waals surface area contributed by atoms with Gasteiger partial charge in [0.2, 0.25) is 0 Å². The summed E-state index contributed by atoms with van der Waals surface area (Å²) in [5, 5.41) is 0. The van der Waals surface area contributed by atoms with Crippen molar-refractivity contribution in [1.82, 2.24) is 0 Å². The molecular formula is C26H23NO4. The molecule has 31 heavy (non-hydrogen) atoms. The Morgan fingerprint density at radius 3 is 1.32 bits per heavy atom. The summed E-state index contributed by atoms with van der Waals surface area (Å²) in [6, 6.07) is 28.0. The summed E-state index contributed by atoms with van der Waals surface area (Å²) in [7, 11) is 2.66. The molecule has 156 valence electrons. The second-order valence-electron chi connectivity index (χ2n) is 7.18. The molecule has 0 fully saturated rings. The second-order valence-corrected chi connectivity index (χ2v) is 7.18. The highest BCUT2D eigenvalue weighted by molar-refractivity contribution is 6.05. The van der Waals surface area contributed by atoms with Gasteiger partial charge in [0.15, 0.2) is 0 Å². The van der Waals surface area contributed by atoms with Crippen LogP contribution in [0.25, 0.3) is 0 Å². The third kappa shape index (κ3) is 3.70. The number of carbonyl (C=O) groups excluding carboxylic acids is 2. The molecule has 0 bridgehead atoms. The van der Waals surface area contributed by atoms with E-state index >= 15 is 0 Å². The highest BCUT2D eigenvalue weighted by Gasteiger charge is 2.48. The molecule has 0 aliphatic carbocycles. The fraction of sp³-hybridized carbons (Fsp3) is 0.154. The lowest BCUT2D eigenvalue weighted by molar-refractivity contribution is -0.139. The van der Waals surface area contributed by atoms with Gasteiger partial charge in [0.05, 0.1) is 37.4 Å². The first-order valence-electron chi connectivity index (χ1n) is 10.0. The SMILES string of the molecule is COC(=O)C1=C(C(=O)OC)[C@H](c2ccccc2)N(c2ccccc2)[C@H]1c1ccccc1. The van der Waals surface area contributed by atoms with Gasteiger partial charge >= 0.3 is 11.9 Å². The Bertz CT molecular complexity index is 1020. The summed E-state index contributed by atoms with van der Waals surface area (Å²) in [4.78, 5) is 28.2. The van der Waals surface area contributed by atoms with Gasteiger partial charge in [-0.05, 0) is 23.3 Å². The molecule has 0 saturated heterocycles. The van der Waals surface area contributed by atoms with Crippen LogP contribution in [0, 0.1) is 0 Å². The maximum Gasteiger partial charge on any atom is 0.336 e. The van der Waals surface area contributed by atoms with Gasteiger partial charge in [-0.1, -0.05) is 78.9 Å². The van der Waals surface area contributed by atoms with E-state index in [1.54, 1.807) is 0 Å². The topological polar surface area (TPSA) is 55.8 Å². The summed E-state index contributed by atoms with van der Waals surface area (Å²) in [5.41, 5.74) is 3.22. The zero-order chi connectivity index (χ0) is 21.8. The molecule has 0 N–H and O–H groups in total. The summed E-state index contributed by atoms with van der Waals surface area (Å²) < 4.78 is 10.3. The molecule has 0 spiro atoms.